The molecule has 0 aliphatic rings. The van der Waals surface area contributed by atoms with Gasteiger partial charge in [-0.2, -0.15) is 0 Å². The van der Waals surface area contributed by atoms with Gasteiger partial charge in [0.1, 0.15) is 11.4 Å². The van der Waals surface area contributed by atoms with Gasteiger partial charge in [0, 0.05) is 17.0 Å². The second-order valence-corrected chi connectivity index (χ2v) is 6.92. The number of hydrogen-bond donors (Lipinski definition) is 1. The zero-order valence-electron chi connectivity index (χ0n) is 16.9. The number of pyridine rings is 1. The van der Waals surface area contributed by atoms with Crippen molar-refractivity contribution in [2.45, 2.75) is 13.8 Å². The van der Waals surface area contributed by atoms with Gasteiger partial charge in [-0.25, -0.2) is 4.57 Å². The Balaban J connectivity index is 1.95. The molecule has 5 heteroatoms. The van der Waals surface area contributed by atoms with Crippen LogP contribution in [0.3, 0.4) is 0 Å². The van der Waals surface area contributed by atoms with Crippen LogP contribution in [-0.2, 0) is 0 Å². The summed E-state index contributed by atoms with van der Waals surface area (Å²) in [5.74, 6) is 0.508. The second kappa shape index (κ2) is 8.25. The van der Waals surface area contributed by atoms with Crippen LogP contribution in [0.15, 0.2) is 82.6 Å². The summed E-state index contributed by atoms with van der Waals surface area (Å²) in [5, 5.41) is 12.3. The molecular formula is C25H22N2O3. The first kappa shape index (κ1) is 19.5. The number of aromatic nitrogens is 1. The maximum absolute atomic E-state index is 13.2. The summed E-state index contributed by atoms with van der Waals surface area (Å²) in [5.41, 5.74) is 2.44. The highest BCUT2D eigenvalue weighted by molar-refractivity contribution is 6.02. The molecular weight excluding hydrogens is 376 g/mol. The fraction of sp³-hybridized carbons (Fsp3) is 0.120. The van der Waals surface area contributed by atoms with Crippen molar-refractivity contribution >= 4 is 22.7 Å². The lowest BCUT2D eigenvalue weighted by Gasteiger charge is -2.14. The lowest BCUT2D eigenvalue weighted by molar-refractivity contribution is 0.341. The quantitative estimate of drug-likeness (QED) is 0.473. The number of rotatable bonds is 5. The van der Waals surface area contributed by atoms with Crippen LogP contribution < -0.4 is 10.3 Å². The van der Waals surface area contributed by atoms with Crippen molar-refractivity contribution in [3.8, 4) is 17.3 Å². The molecule has 0 amide bonds. The lowest BCUT2D eigenvalue weighted by atomic mass is 10.1. The molecule has 3 aromatic carbocycles. The normalized spacial score (nSPS) is 11.3. The number of hydrogen-bond acceptors (Lipinski definition) is 4. The number of ether oxygens (including phenoxy) is 1. The van der Waals surface area contributed by atoms with E-state index in [2.05, 4.69) is 4.99 Å². The number of para-hydroxylation sites is 2. The van der Waals surface area contributed by atoms with E-state index in [4.69, 9.17) is 4.74 Å². The van der Waals surface area contributed by atoms with Gasteiger partial charge in [-0.15, -0.1) is 0 Å². The minimum Gasteiger partial charge on any atom is -0.494 e. The molecule has 0 saturated heterocycles. The molecule has 0 fully saturated rings. The SMILES string of the molecule is CCOc1ccccc1N=Cc1c(O)n(-c2cccc(C)c2)c(=O)c2ccccc12. The highest BCUT2D eigenvalue weighted by Gasteiger charge is 2.16. The van der Waals surface area contributed by atoms with E-state index in [1.807, 2.05) is 74.5 Å². The first-order valence-corrected chi connectivity index (χ1v) is 9.80. The van der Waals surface area contributed by atoms with E-state index in [0.717, 1.165) is 5.56 Å². The number of aryl methyl sites for hydroxylation is 1. The lowest BCUT2D eigenvalue weighted by Crippen LogP contribution is -2.20. The zero-order chi connectivity index (χ0) is 21.1. The monoisotopic (exact) mass is 398 g/mol. The van der Waals surface area contributed by atoms with Crippen molar-refractivity contribution in [2.75, 3.05) is 6.61 Å². The first-order valence-electron chi connectivity index (χ1n) is 9.80. The average Bonchev–Trinajstić information content (AvgIpc) is 2.75. The molecule has 1 heterocycles. The van der Waals surface area contributed by atoms with Crippen molar-refractivity contribution in [3.63, 3.8) is 0 Å². The van der Waals surface area contributed by atoms with Crippen LogP contribution in [0.2, 0.25) is 0 Å². The molecule has 4 rings (SSSR count). The Labute approximate surface area is 174 Å². The fourth-order valence-corrected chi connectivity index (χ4v) is 3.47. The van der Waals surface area contributed by atoms with E-state index in [-0.39, 0.29) is 11.4 Å². The van der Waals surface area contributed by atoms with Crippen LogP contribution in [0.5, 0.6) is 11.6 Å². The molecule has 4 aromatic rings. The van der Waals surface area contributed by atoms with Crippen LogP contribution >= 0.6 is 0 Å². The molecule has 0 aliphatic carbocycles. The third-order valence-electron chi connectivity index (χ3n) is 4.86. The van der Waals surface area contributed by atoms with Gasteiger partial charge in [-0.1, -0.05) is 42.5 Å². The van der Waals surface area contributed by atoms with Gasteiger partial charge in [0.25, 0.3) is 5.56 Å². The maximum Gasteiger partial charge on any atom is 0.265 e. The minimum absolute atomic E-state index is 0.151. The molecule has 30 heavy (non-hydrogen) atoms. The summed E-state index contributed by atoms with van der Waals surface area (Å²) >= 11 is 0. The van der Waals surface area contributed by atoms with E-state index in [1.54, 1.807) is 18.3 Å². The van der Waals surface area contributed by atoms with E-state index in [1.165, 1.54) is 4.57 Å². The molecule has 5 nitrogen and oxygen atoms in total. The number of benzene rings is 3. The zero-order valence-corrected chi connectivity index (χ0v) is 16.9. The molecule has 0 bridgehead atoms. The fourth-order valence-electron chi connectivity index (χ4n) is 3.47. The smallest absolute Gasteiger partial charge is 0.265 e. The molecule has 0 spiro atoms. The van der Waals surface area contributed by atoms with Crippen molar-refractivity contribution < 1.29 is 9.84 Å². The first-order chi connectivity index (χ1) is 14.6. The van der Waals surface area contributed by atoms with Crippen molar-refractivity contribution in [1.29, 1.82) is 0 Å². The van der Waals surface area contributed by atoms with Crippen molar-refractivity contribution in [2.24, 2.45) is 4.99 Å². The minimum atomic E-state index is -0.277. The van der Waals surface area contributed by atoms with Gasteiger partial charge in [0.2, 0.25) is 5.88 Å². The Hall–Kier alpha value is -3.86. The Bertz CT molecular complexity index is 1310. The summed E-state index contributed by atoms with van der Waals surface area (Å²) in [7, 11) is 0. The standard InChI is InChI=1S/C25H22N2O3/c1-3-30-23-14-7-6-13-22(23)26-16-21-19-11-4-5-12-20(19)24(28)27(25(21)29)18-10-8-9-17(2)15-18/h4-16,29H,3H2,1-2H3. The molecule has 0 radical (unpaired) electrons. The molecule has 0 aliphatic heterocycles. The second-order valence-electron chi connectivity index (χ2n) is 6.92. The molecule has 0 atom stereocenters. The molecule has 0 saturated carbocycles. The number of fused-ring (bicyclic) bond motifs is 1. The summed E-state index contributed by atoms with van der Waals surface area (Å²) in [6, 6.07) is 22.1. The van der Waals surface area contributed by atoms with Crippen molar-refractivity contribution in [3.05, 3.63) is 94.3 Å². The van der Waals surface area contributed by atoms with Gasteiger partial charge in [-0.05, 0) is 49.7 Å². The van der Waals surface area contributed by atoms with Crippen LogP contribution in [0.25, 0.3) is 16.5 Å². The van der Waals surface area contributed by atoms with Crippen LogP contribution in [0.4, 0.5) is 5.69 Å². The Morgan fingerprint density at radius 3 is 2.50 bits per heavy atom. The van der Waals surface area contributed by atoms with Gasteiger partial charge >= 0.3 is 0 Å². The van der Waals surface area contributed by atoms with Crippen molar-refractivity contribution in [1.82, 2.24) is 4.57 Å². The van der Waals surface area contributed by atoms with E-state index in [0.29, 0.717) is 40.1 Å². The Morgan fingerprint density at radius 1 is 1.00 bits per heavy atom. The maximum atomic E-state index is 13.2. The van der Waals surface area contributed by atoms with Gasteiger partial charge in [-0.3, -0.25) is 9.79 Å². The summed E-state index contributed by atoms with van der Waals surface area (Å²) in [6.07, 6.45) is 1.58. The highest BCUT2D eigenvalue weighted by Crippen LogP contribution is 2.30. The Kier molecular flexibility index (Phi) is 5.35. The third kappa shape index (κ3) is 3.57. The van der Waals surface area contributed by atoms with Crippen LogP contribution in [0.1, 0.15) is 18.1 Å². The molecule has 0 unspecified atom stereocenters. The molecule has 1 aromatic heterocycles. The molecule has 150 valence electrons. The van der Waals surface area contributed by atoms with E-state index < -0.39 is 0 Å². The van der Waals surface area contributed by atoms with Crippen LogP contribution in [-0.4, -0.2) is 22.5 Å². The summed E-state index contributed by atoms with van der Waals surface area (Å²) in [6.45, 7) is 4.39. The average molecular weight is 398 g/mol. The van der Waals surface area contributed by atoms with Gasteiger partial charge < -0.3 is 9.84 Å². The van der Waals surface area contributed by atoms with Gasteiger partial charge in [0.05, 0.1) is 17.9 Å². The Morgan fingerprint density at radius 2 is 1.73 bits per heavy atom. The largest absolute Gasteiger partial charge is 0.494 e. The van der Waals surface area contributed by atoms with Gasteiger partial charge in [0.15, 0.2) is 0 Å². The van der Waals surface area contributed by atoms with Crippen LogP contribution in [0, 0.1) is 6.92 Å². The summed E-state index contributed by atoms with van der Waals surface area (Å²) in [4.78, 5) is 17.7. The number of aliphatic imine (C=N–C) groups is 1. The topological polar surface area (TPSA) is 63.8 Å². The number of aromatic hydroxyl groups is 1. The predicted octanol–water partition coefficient (Wildman–Crippen LogP) is 5.15. The third-order valence-corrected chi connectivity index (χ3v) is 4.86. The van der Waals surface area contributed by atoms with E-state index in [9.17, 15) is 9.90 Å². The summed E-state index contributed by atoms with van der Waals surface area (Å²) < 4.78 is 6.96. The molecule has 1 N–H and O–H groups in total. The van der Waals surface area contributed by atoms with E-state index >= 15 is 0 Å². The highest BCUT2D eigenvalue weighted by atomic mass is 16.5. The number of nitrogens with zero attached hydrogens (tertiary/aromatic N) is 2. The predicted molar refractivity (Wildman–Crippen MR) is 121 cm³/mol.